The maximum Gasteiger partial charge on any atom is 0.0820 e. The van der Waals surface area contributed by atoms with E-state index in [0.29, 0.717) is 5.69 Å². The summed E-state index contributed by atoms with van der Waals surface area (Å²) in [5.74, 6) is 0. The lowest BCUT2D eigenvalue weighted by Gasteiger charge is -2.02. The summed E-state index contributed by atoms with van der Waals surface area (Å²) in [6, 6.07) is 5.35. The van der Waals surface area contributed by atoms with Crippen LogP contribution in [0.4, 0.5) is 10.2 Å². The minimum Gasteiger partial charge on any atom is -0.256 e. The number of hydrogen-bond acceptors (Lipinski definition) is 4. The van der Waals surface area contributed by atoms with Crippen LogP contribution in [0.25, 0.3) is 21.1 Å². The van der Waals surface area contributed by atoms with Gasteiger partial charge in [0.05, 0.1) is 26.9 Å². The fourth-order valence-electron chi connectivity index (χ4n) is 1.64. The smallest absolute Gasteiger partial charge is 0.0820 e. The average Bonchev–Trinajstić information content (AvgIpc) is 2.76. The highest BCUT2D eigenvalue weighted by Gasteiger charge is 2.07. The van der Waals surface area contributed by atoms with E-state index in [1.54, 1.807) is 23.3 Å². The van der Waals surface area contributed by atoms with Crippen molar-refractivity contribution in [2.45, 2.75) is 0 Å². The molecule has 0 aliphatic heterocycles. The van der Waals surface area contributed by atoms with Crippen LogP contribution in [-0.4, -0.2) is 9.97 Å². The van der Waals surface area contributed by atoms with Crippen LogP contribution in [0.1, 0.15) is 0 Å². The van der Waals surface area contributed by atoms with E-state index in [2.05, 4.69) is 9.97 Å². The second-order valence-corrected chi connectivity index (χ2v) is 3.97. The van der Waals surface area contributed by atoms with Crippen molar-refractivity contribution in [1.29, 1.82) is 0 Å². The Bertz CT molecular complexity index is 635. The van der Waals surface area contributed by atoms with Crippen LogP contribution in [0, 0.1) is 0 Å². The van der Waals surface area contributed by atoms with Gasteiger partial charge in [0.2, 0.25) is 0 Å². The zero-order valence-electron chi connectivity index (χ0n) is 7.57. The van der Waals surface area contributed by atoms with E-state index >= 15 is 0 Å². The normalized spacial score (nSPS) is 11.0. The van der Waals surface area contributed by atoms with Crippen LogP contribution in [-0.2, 0) is 0 Å². The molecule has 0 aliphatic carbocycles. The zero-order chi connectivity index (χ0) is 10.3. The van der Waals surface area contributed by atoms with Gasteiger partial charge in [-0.1, -0.05) is 0 Å². The third-order valence-electron chi connectivity index (χ3n) is 2.30. The van der Waals surface area contributed by atoms with Gasteiger partial charge in [0, 0.05) is 11.6 Å². The number of nitrogens with zero attached hydrogens (tertiary/aromatic N) is 2. The first-order valence-corrected chi connectivity index (χ1v) is 5.25. The van der Waals surface area contributed by atoms with Gasteiger partial charge < -0.3 is 0 Å². The number of pyridine rings is 1. The van der Waals surface area contributed by atoms with Gasteiger partial charge in [-0.2, -0.15) is 0 Å². The van der Waals surface area contributed by atoms with Crippen molar-refractivity contribution in [3.8, 4) is 0 Å². The number of anilines is 1. The molecule has 0 fully saturated rings. The van der Waals surface area contributed by atoms with Gasteiger partial charge in [-0.15, -0.1) is 15.8 Å². The van der Waals surface area contributed by atoms with Crippen LogP contribution in [0.2, 0.25) is 0 Å². The molecule has 0 atom stereocenters. The SMILES string of the molecule is FNc1ccnc2ccc3ncsc3c12. The minimum absolute atomic E-state index is 0.440. The molecule has 0 saturated heterocycles. The first kappa shape index (κ1) is 8.55. The fourth-order valence-corrected chi connectivity index (χ4v) is 2.49. The van der Waals surface area contributed by atoms with Crippen molar-refractivity contribution in [1.82, 2.24) is 9.97 Å². The summed E-state index contributed by atoms with van der Waals surface area (Å²) < 4.78 is 13.6. The van der Waals surface area contributed by atoms with Gasteiger partial charge in [0.1, 0.15) is 0 Å². The van der Waals surface area contributed by atoms with Crippen molar-refractivity contribution in [2.75, 3.05) is 5.54 Å². The third kappa shape index (κ3) is 1.16. The van der Waals surface area contributed by atoms with Crippen LogP contribution in [0.15, 0.2) is 29.9 Å². The topological polar surface area (TPSA) is 37.8 Å². The van der Waals surface area contributed by atoms with Crippen molar-refractivity contribution in [3.63, 3.8) is 0 Å². The van der Waals surface area contributed by atoms with Crippen molar-refractivity contribution < 1.29 is 4.48 Å². The molecule has 3 nitrogen and oxygen atoms in total. The van der Waals surface area contributed by atoms with E-state index in [0.717, 1.165) is 21.1 Å². The number of nitrogens with one attached hydrogen (secondary N) is 1. The van der Waals surface area contributed by atoms with E-state index in [1.807, 2.05) is 12.1 Å². The van der Waals surface area contributed by atoms with Gasteiger partial charge in [-0.3, -0.25) is 4.98 Å². The maximum absolute atomic E-state index is 12.6. The lowest BCUT2D eigenvalue weighted by Crippen LogP contribution is -1.86. The lowest BCUT2D eigenvalue weighted by molar-refractivity contribution is 0.619. The fraction of sp³-hybridized carbons (Fsp3) is 0. The summed E-state index contributed by atoms with van der Waals surface area (Å²) in [6.07, 6.45) is 1.58. The Morgan fingerprint density at radius 2 is 2.00 bits per heavy atom. The van der Waals surface area contributed by atoms with Crippen LogP contribution < -0.4 is 5.54 Å². The summed E-state index contributed by atoms with van der Waals surface area (Å²) in [4.78, 5) is 8.38. The minimum atomic E-state index is 0.440. The molecule has 2 heterocycles. The van der Waals surface area contributed by atoms with E-state index < -0.39 is 0 Å². The van der Waals surface area contributed by atoms with Gasteiger partial charge in [0.15, 0.2) is 0 Å². The molecule has 0 saturated carbocycles. The number of hydrogen-bond donors (Lipinski definition) is 1. The number of aromatic nitrogens is 2. The van der Waals surface area contributed by atoms with Crippen LogP contribution in [0.5, 0.6) is 0 Å². The average molecular weight is 219 g/mol. The molecule has 74 valence electrons. The zero-order valence-corrected chi connectivity index (χ0v) is 8.38. The summed E-state index contributed by atoms with van der Waals surface area (Å²) in [5.41, 5.74) is 5.52. The molecule has 0 bridgehead atoms. The lowest BCUT2D eigenvalue weighted by atomic mass is 10.2. The van der Waals surface area contributed by atoms with Crippen LogP contribution in [0.3, 0.4) is 0 Å². The highest BCUT2D eigenvalue weighted by atomic mass is 32.1. The molecule has 5 heteroatoms. The molecule has 0 spiro atoms. The molecule has 1 aromatic carbocycles. The second-order valence-electron chi connectivity index (χ2n) is 3.11. The van der Waals surface area contributed by atoms with E-state index in [9.17, 15) is 4.48 Å². The Hall–Kier alpha value is -1.75. The van der Waals surface area contributed by atoms with Gasteiger partial charge in [-0.05, 0) is 18.2 Å². The quantitative estimate of drug-likeness (QED) is 0.639. The molecule has 0 radical (unpaired) electrons. The third-order valence-corrected chi connectivity index (χ3v) is 3.16. The predicted octanol–water partition coefficient (Wildman–Crippen LogP) is 3.14. The van der Waals surface area contributed by atoms with Crippen molar-refractivity contribution in [2.24, 2.45) is 0 Å². The highest BCUT2D eigenvalue weighted by molar-refractivity contribution is 7.17. The Labute approximate surface area is 88.5 Å². The first-order valence-electron chi connectivity index (χ1n) is 4.38. The molecule has 0 amide bonds. The monoisotopic (exact) mass is 219 g/mol. The predicted molar refractivity (Wildman–Crippen MR) is 59.7 cm³/mol. The second kappa shape index (κ2) is 3.13. The largest absolute Gasteiger partial charge is 0.256 e. The molecule has 0 aliphatic rings. The summed E-state index contributed by atoms with van der Waals surface area (Å²) in [5, 5.41) is 0.792. The number of fused-ring (bicyclic) bond motifs is 3. The standard InChI is InChI=1S/C10H6FN3S/c11-14-7-3-4-12-6-1-2-8-10(9(6)7)15-5-13-8/h1-5H,(H,12,14). The molecular weight excluding hydrogens is 213 g/mol. The van der Waals surface area contributed by atoms with Crippen LogP contribution >= 0.6 is 11.3 Å². The summed E-state index contributed by atoms with van der Waals surface area (Å²) >= 11 is 1.49. The van der Waals surface area contributed by atoms with E-state index in [1.165, 1.54) is 11.3 Å². The number of thiazole rings is 1. The molecular formula is C10H6FN3S. The Morgan fingerprint density at radius 1 is 1.13 bits per heavy atom. The molecule has 0 unspecified atom stereocenters. The molecule has 3 rings (SSSR count). The van der Waals surface area contributed by atoms with E-state index in [4.69, 9.17) is 0 Å². The summed E-state index contributed by atoms with van der Waals surface area (Å²) in [6.45, 7) is 0. The molecule has 2 aromatic heterocycles. The van der Waals surface area contributed by atoms with Crippen molar-refractivity contribution in [3.05, 3.63) is 29.9 Å². The Kier molecular flexibility index (Phi) is 1.78. The Balaban J connectivity index is 2.58. The van der Waals surface area contributed by atoms with Gasteiger partial charge >= 0.3 is 0 Å². The molecule has 1 N–H and O–H groups in total. The van der Waals surface area contributed by atoms with Gasteiger partial charge in [0.25, 0.3) is 0 Å². The summed E-state index contributed by atoms with van der Waals surface area (Å²) in [7, 11) is 0. The highest BCUT2D eigenvalue weighted by Crippen LogP contribution is 2.32. The number of benzene rings is 1. The number of rotatable bonds is 1. The van der Waals surface area contributed by atoms with Crippen molar-refractivity contribution >= 4 is 38.1 Å². The number of halogens is 1. The van der Waals surface area contributed by atoms with E-state index in [-0.39, 0.29) is 0 Å². The molecule has 15 heavy (non-hydrogen) atoms. The van der Waals surface area contributed by atoms with Gasteiger partial charge in [-0.25, -0.2) is 10.5 Å². The first-order chi connectivity index (χ1) is 7.40. The maximum atomic E-state index is 12.6. The Morgan fingerprint density at radius 3 is 2.87 bits per heavy atom. The molecule has 3 aromatic rings.